The molecule has 5 heteroatoms. The van der Waals surface area contributed by atoms with Crippen molar-refractivity contribution in [2.45, 2.75) is 39.2 Å². The van der Waals surface area contributed by atoms with Gasteiger partial charge in [0, 0.05) is 31.2 Å². The zero-order chi connectivity index (χ0) is 18.5. The number of H-pyrrole nitrogens is 1. The fourth-order valence-corrected chi connectivity index (χ4v) is 3.33. The molecule has 0 radical (unpaired) electrons. The van der Waals surface area contributed by atoms with Gasteiger partial charge in [-0.15, -0.1) is 0 Å². The van der Waals surface area contributed by atoms with E-state index in [2.05, 4.69) is 24.1 Å². The predicted molar refractivity (Wildman–Crippen MR) is 103 cm³/mol. The molecule has 1 fully saturated rings. The Bertz CT molecular complexity index is 744. The number of carbonyl (C=O) groups is 2. The molecular weight excluding hydrogens is 326 g/mol. The first-order valence-corrected chi connectivity index (χ1v) is 9.36. The zero-order valence-electron chi connectivity index (χ0n) is 15.5. The van der Waals surface area contributed by atoms with Crippen LogP contribution < -0.4 is 5.32 Å². The Labute approximate surface area is 154 Å². The number of amides is 2. The third-order valence-corrected chi connectivity index (χ3v) is 4.78. The summed E-state index contributed by atoms with van der Waals surface area (Å²) in [5, 5.41) is 3.09. The second-order valence-electron chi connectivity index (χ2n) is 7.38. The number of hydrogen-bond acceptors (Lipinski definition) is 2. The maximum Gasteiger partial charge on any atom is 0.267 e. The number of likely N-dealkylation sites (tertiary alicyclic amines) is 1. The first-order chi connectivity index (χ1) is 12.5. The van der Waals surface area contributed by atoms with Gasteiger partial charge in [0.15, 0.2) is 0 Å². The SMILES string of the molecule is CC(C)CC(=O)N1CCC(NC(=O)c2ccc(-c3ccccc3)[nH]2)CC1. The van der Waals surface area contributed by atoms with Gasteiger partial charge in [0.25, 0.3) is 5.91 Å². The first kappa shape index (κ1) is 18.2. The van der Waals surface area contributed by atoms with Crippen molar-refractivity contribution in [2.24, 2.45) is 5.92 Å². The summed E-state index contributed by atoms with van der Waals surface area (Å²) >= 11 is 0. The van der Waals surface area contributed by atoms with Crippen LogP contribution in [0.1, 0.15) is 43.6 Å². The van der Waals surface area contributed by atoms with Gasteiger partial charge in [0.2, 0.25) is 5.91 Å². The summed E-state index contributed by atoms with van der Waals surface area (Å²) in [6, 6.07) is 13.8. The molecule has 0 saturated carbocycles. The minimum Gasteiger partial charge on any atom is -0.351 e. The molecule has 5 nitrogen and oxygen atoms in total. The zero-order valence-corrected chi connectivity index (χ0v) is 15.5. The maximum absolute atomic E-state index is 12.5. The fourth-order valence-electron chi connectivity index (χ4n) is 3.33. The third-order valence-electron chi connectivity index (χ3n) is 4.78. The lowest BCUT2D eigenvalue weighted by Crippen LogP contribution is -2.46. The minimum atomic E-state index is -0.0841. The topological polar surface area (TPSA) is 65.2 Å². The molecule has 1 aliphatic rings. The standard InChI is InChI=1S/C21H27N3O2/c1-15(2)14-20(25)24-12-10-17(11-13-24)22-21(26)19-9-8-18(23-19)16-6-4-3-5-7-16/h3-9,15,17,23H,10-14H2,1-2H3,(H,22,26). The maximum atomic E-state index is 12.5. The summed E-state index contributed by atoms with van der Waals surface area (Å²) in [6.45, 7) is 5.56. The molecule has 1 aromatic carbocycles. The molecule has 138 valence electrons. The summed E-state index contributed by atoms with van der Waals surface area (Å²) < 4.78 is 0. The van der Waals surface area contributed by atoms with E-state index in [9.17, 15) is 9.59 Å². The minimum absolute atomic E-state index is 0.0841. The lowest BCUT2D eigenvalue weighted by atomic mass is 10.0. The summed E-state index contributed by atoms with van der Waals surface area (Å²) in [5.41, 5.74) is 2.57. The smallest absolute Gasteiger partial charge is 0.267 e. The van der Waals surface area contributed by atoms with Crippen LogP contribution in [0.3, 0.4) is 0 Å². The lowest BCUT2D eigenvalue weighted by molar-refractivity contribution is -0.133. The van der Waals surface area contributed by atoms with Crippen LogP contribution in [0, 0.1) is 5.92 Å². The van der Waals surface area contributed by atoms with Crippen molar-refractivity contribution in [2.75, 3.05) is 13.1 Å². The number of nitrogens with zero attached hydrogens (tertiary/aromatic N) is 1. The number of hydrogen-bond donors (Lipinski definition) is 2. The number of rotatable bonds is 5. The lowest BCUT2D eigenvalue weighted by Gasteiger charge is -2.32. The van der Waals surface area contributed by atoms with Crippen LogP contribution in [0.4, 0.5) is 0 Å². The van der Waals surface area contributed by atoms with Crippen LogP contribution in [0.5, 0.6) is 0 Å². The van der Waals surface area contributed by atoms with Gasteiger partial charge in [-0.3, -0.25) is 9.59 Å². The summed E-state index contributed by atoms with van der Waals surface area (Å²) in [4.78, 5) is 29.7. The number of aromatic amines is 1. The average molecular weight is 353 g/mol. The van der Waals surface area contributed by atoms with E-state index in [-0.39, 0.29) is 17.9 Å². The van der Waals surface area contributed by atoms with E-state index in [0.717, 1.165) is 37.2 Å². The van der Waals surface area contributed by atoms with E-state index >= 15 is 0 Å². The molecule has 0 aliphatic carbocycles. The van der Waals surface area contributed by atoms with E-state index in [0.29, 0.717) is 18.0 Å². The van der Waals surface area contributed by atoms with Gasteiger partial charge < -0.3 is 15.2 Å². The largest absolute Gasteiger partial charge is 0.351 e. The molecule has 0 unspecified atom stereocenters. The summed E-state index contributed by atoms with van der Waals surface area (Å²) in [5.74, 6) is 0.521. The molecule has 2 N–H and O–H groups in total. The van der Waals surface area contributed by atoms with Gasteiger partial charge in [-0.05, 0) is 36.5 Å². The molecule has 2 heterocycles. The van der Waals surface area contributed by atoms with Gasteiger partial charge >= 0.3 is 0 Å². The molecule has 26 heavy (non-hydrogen) atoms. The Hall–Kier alpha value is -2.56. The highest BCUT2D eigenvalue weighted by Gasteiger charge is 2.24. The quantitative estimate of drug-likeness (QED) is 0.865. The summed E-state index contributed by atoms with van der Waals surface area (Å²) in [7, 11) is 0. The molecule has 0 atom stereocenters. The first-order valence-electron chi connectivity index (χ1n) is 9.36. The van der Waals surface area contributed by atoms with Gasteiger partial charge in [-0.1, -0.05) is 44.2 Å². The molecule has 2 amide bonds. The molecule has 3 rings (SSSR count). The monoisotopic (exact) mass is 353 g/mol. The highest BCUT2D eigenvalue weighted by Crippen LogP contribution is 2.19. The number of nitrogens with one attached hydrogen (secondary N) is 2. The molecule has 1 saturated heterocycles. The van der Waals surface area contributed by atoms with Gasteiger partial charge in [0.05, 0.1) is 0 Å². The van der Waals surface area contributed by atoms with Crippen molar-refractivity contribution in [3.8, 4) is 11.3 Å². The van der Waals surface area contributed by atoms with Crippen molar-refractivity contribution >= 4 is 11.8 Å². The van der Waals surface area contributed by atoms with Gasteiger partial charge in [-0.2, -0.15) is 0 Å². The molecule has 0 spiro atoms. The number of benzene rings is 1. The normalized spacial score (nSPS) is 15.3. The fraction of sp³-hybridized carbons (Fsp3) is 0.429. The van der Waals surface area contributed by atoms with Crippen molar-refractivity contribution in [3.63, 3.8) is 0 Å². The summed E-state index contributed by atoms with van der Waals surface area (Å²) in [6.07, 6.45) is 2.21. The number of aromatic nitrogens is 1. The van der Waals surface area contributed by atoms with E-state index in [1.807, 2.05) is 47.4 Å². The number of piperidine rings is 1. The third kappa shape index (κ3) is 4.54. The molecule has 0 bridgehead atoms. The predicted octanol–water partition coefficient (Wildman–Crippen LogP) is 3.45. The van der Waals surface area contributed by atoms with Crippen LogP contribution in [-0.2, 0) is 4.79 Å². The Morgan fingerprint density at radius 1 is 1.12 bits per heavy atom. The van der Waals surface area contributed by atoms with E-state index in [1.54, 1.807) is 0 Å². The molecule has 1 aromatic heterocycles. The van der Waals surface area contributed by atoms with Crippen molar-refractivity contribution < 1.29 is 9.59 Å². The highest BCUT2D eigenvalue weighted by atomic mass is 16.2. The van der Waals surface area contributed by atoms with Crippen LogP contribution in [0.15, 0.2) is 42.5 Å². The highest BCUT2D eigenvalue weighted by molar-refractivity contribution is 5.93. The molecular formula is C21H27N3O2. The Balaban J connectivity index is 1.52. The van der Waals surface area contributed by atoms with E-state index in [4.69, 9.17) is 0 Å². The Morgan fingerprint density at radius 2 is 1.81 bits per heavy atom. The Morgan fingerprint density at radius 3 is 2.46 bits per heavy atom. The van der Waals surface area contributed by atoms with Crippen LogP contribution in [0.25, 0.3) is 11.3 Å². The molecule has 2 aromatic rings. The van der Waals surface area contributed by atoms with E-state index in [1.165, 1.54) is 0 Å². The second kappa shape index (κ2) is 8.21. The van der Waals surface area contributed by atoms with Gasteiger partial charge in [-0.25, -0.2) is 0 Å². The molecule has 1 aliphatic heterocycles. The Kier molecular flexibility index (Phi) is 5.76. The van der Waals surface area contributed by atoms with Crippen molar-refractivity contribution in [1.82, 2.24) is 15.2 Å². The van der Waals surface area contributed by atoms with Crippen LogP contribution in [-0.4, -0.2) is 40.8 Å². The van der Waals surface area contributed by atoms with Crippen molar-refractivity contribution in [3.05, 3.63) is 48.2 Å². The van der Waals surface area contributed by atoms with Crippen LogP contribution >= 0.6 is 0 Å². The van der Waals surface area contributed by atoms with Crippen LogP contribution in [0.2, 0.25) is 0 Å². The van der Waals surface area contributed by atoms with Gasteiger partial charge in [0.1, 0.15) is 5.69 Å². The second-order valence-corrected chi connectivity index (χ2v) is 7.38. The van der Waals surface area contributed by atoms with E-state index < -0.39 is 0 Å². The average Bonchev–Trinajstić information content (AvgIpc) is 3.13. The van der Waals surface area contributed by atoms with Crippen molar-refractivity contribution in [1.29, 1.82) is 0 Å². The number of carbonyl (C=O) groups excluding carboxylic acids is 2.